The van der Waals surface area contributed by atoms with Crippen molar-refractivity contribution in [3.05, 3.63) is 52.6 Å². The average molecular weight is 229 g/mol. The van der Waals surface area contributed by atoms with E-state index in [-0.39, 0.29) is 5.69 Å². The molecule has 5 heteroatoms. The summed E-state index contributed by atoms with van der Waals surface area (Å²) in [6.07, 6.45) is 0. The Morgan fingerprint density at radius 2 is 1.47 bits per heavy atom. The molecular formula is C12H11N3O2. The molecule has 0 aliphatic heterocycles. The van der Waals surface area contributed by atoms with Crippen LogP contribution in [0.15, 0.2) is 42.5 Å². The third-order valence-electron chi connectivity index (χ3n) is 2.50. The van der Waals surface area contributed by atoms with Crippen LogP contribution in [0.2, 0.25) is 0 Å². The van der Waals surface area contributed by atoms with Gasteiger partial charge in [0.25, 0.3) is 5.69 Å². The lowest BCUT2D eigenvalue weighted by Gasteiger charge is -2.04. The lowest BCUT2D eigenvalue weighted by molar-refractivity contribution is -0.384. The minimum Gasteiger partial charge on any atom is -0.397 e. The number of benzene rings is 2. The molecule has 0 aromatic heterocycles. The van der Waals surface area contributed by atoms with Gasteiger partial charge in [0.1, 0.15) is 0 Å². The van der Waals surface area contributed by atoms with Crippen LogP contribution < -0.4 is 11.5 Å². The third-order valence-corrected chi connectivity index (χ3v) is 2.50. The monoisotopic (exact) mass is 229 g/mol. The van der Waals surface area contributed by atoms with Crippen molar-refractivity contribution in [3.8, 4) is 11.1 Å². The van der Waals surface area contributed by atoms with Crippen molar-refractivity contribution >= 4 is 17.1 Å². The van der Waals surface area contributed by atoms with Crippen molar-refractivity contribution in [3.63, 3.8) is 0 Å². The molecule has 0 heterocycles. The highest BCUT2D eigenvalue weighted by atomic mass is 16.6. The van der Waals surface area contributed by atoms with E-state index in [1.165, 1.54) is 12.1 Å². The summed E-state index contributed by atoms with van der Waals surface area (Å²) in [7, 11) is 0. The number of non-ortho nitro benzene ring substituents is 1. The van der Waals surface area contributed by atoms with Crippen LogP contribution in [0.1, 0.15) is 0 Å². The Morgan fingerprint density at radius 1 is 0.882 bits per heavy atom. The first-order valence-corrected chi connectivity index (χ1v) is 4.98. The Hall–Kier alpha value is -2.56. The lowest BCUT2D eigenvalue weighted by atomic mass is 10.0. The molecule has 86 valence electrons. The summed E-state index contributed by atoms with van der Waals surface area (Å²) in [5.41, 5.74) is 14.2. The fourth-order valence-corrected chi connectivity index (χ4v) is 1.53. The zero-order chi connectivity index (χ0) is 12.4. The van der Waals surface area contributed by atoms with Crippen LogP contribution in [0, 0.1) is 10.1 Å². The van der Waals surface area contributed by atoms with E-state index in [2.05, 4.69) is 0 Å². The molecule has 0 fully saturated rings. The minimum atomic E-state index is -0.429. The van der Waals surface area contributed by atoms with E-state index >= 15 is 0 Å². The maximum absolute atomic E-state index is 10.5. The summed E-state index contributed by atoms with van der Waals surface area (Å²) in [5.74, 6) is 0. The molecule has 0 radical (unpaired) electrons. The summed E-state index contributed by atoms with van der Waals surface area (Å²) in [5, 5.41) is 10.5. The van der Waals surface area contributed by atoms with Crippen LogP contribution in [0.25, 0.3) is 11.1 Å². The smallest absolute Gasteiger partial charge is 0.269 e. The van der Waals surface area contributed by atoms with Gasteiger partial charge in [-0.25, -0.2) is 0 Å². The van der Waals surface area contributed by atoms with Crippen LogP contribution >= 0.6 is 0 Å². The van der Waals surface area contributed by atoms with Gasteiger partial charge in [-0.15, -0.1) is 0 Å². The van der Waals surface area contributed by atoms with Crippen LogP contribution in [0.4, 0.5) is 17.1 Å². The van der Waals surface area contributed by atoms with E-state index in [0.717, 1.165) is 11.1 Å². The second-order valence-corrected chi connectivity index (χ2v) is 3.65. The Balaban J connectivity index is 2.39. The molecule has 0 atom stereocenters. The molecule has 4 N–H and O–H groups in total. The van der Waals surface area contributed by atoms with Gasteiger partial charge in [-0.3, -0.25) is 10.1 Å². The fourth-order valence-electron chi connectivity index (χ4n) is 1.53. The molecule has 0 saturated heterocycles. The standard InChI is InChI=1S/C12H11N3O2/c13-11-6-3-9(7-12(11)14)8-1-4-10(5-2-8)15(16)17/h1-7H,13-14H2. The maximum atomic E-state index is 10.5. The summed E-state index contributed by atoms with van der Waals surface area (Å²) in [4.78, 5) is 10.1. The van der Waals surface area contributed by atoms with Crippen molar-refractivity contribution in [2.75, 3.05) is 11.5 Å². The van der Waals surface area contributed by atoms with Gasteiger partial charge in [-0.1, -0.05) is 6.07 Å². The molecule has 2 aromatic rings. The molecule has 2 rings (SSSR count). The van der Waals surface area contributed by atoms with E-state index in [0.29, 0.717) is 11.4 Å². The number of nitro groups is 1. The first kappa shape index (κ1) is 10.9. The lowest BCUT2D eigenvalue weighted by Crippen LogP contribution is -1.94. The molecule has 0 bridgehead atoms. The van der Waals surface area contributed by atoms with Crippen LogP contribution in [0.5, 0.6) is 0 Å². The molecule has 17 heavy (non-hydrogen) atoms. The van der Waals surface area contributed by atoms with Crippen molar-refractivity contribution in [2.24, 2.45) is 0 Å². The molecular weight excluding hydrogens is 218 g/mol. The van der Waals surface area contributed by atoms with E-state index in [4.69, 9.17) is 11.5 Å². The number of hydrogen-bond donors (Lipinski definition) is 2. The van der Waals surface area contributed by atoms with E-state index in [9.17, 15) is 10.1 Å². The van der Waals surface area contributed by atoms with Crippen LogP contribution in [-0.2, 0) is 0 Å². The Labute approximate surface area is 97.8 Å². The normalized spacial score (nSPS) is 10.1. The zero-order valence-electron chi connectivity index (χ0n) is 8.96. The molecule has 0 aliphatic carbocycles. The van der Waals surface area contributed by atoms with Crippen molar-refractivity contribution < 1.29 is 4.92 Å². The zero-order valence-corrected chi connectivity index (χ0v) is 8.96. The predicted molar refractivity (Wildman–Crippen MR) is 67.4 cm³/mol. The summed E-state index contributed by atoms with van der Waals surface area (Å²) >= 11 is 0. The molecule has 0 amide bonds. The number of nitrogens with two attached hydrogens (primary N) is 2. The Bertz CT molecular complexity index is 564. The SMILES string of the molecule is Nc1ccc(-c2ccc([N+](=O)[O-])cc2)cc1N. The van der Waals surface area contributed by atoms with Crippen molar-refractivity contribution in [2.45, 2.75) is 0 Å². The van der Waals surface area contributed by atoms with Gasteiger partial charge in [0.05, 0.1) is 16.3 Å². The predicted octanol–water partition coefficient (Wildman–Crippen LogP) is 2.43. The van der Waals surface area contributed by atoms with Gasteiger partial charge < -0.3 is 11.5 Å². The van der Waals surface area contributed by atoms with Gasteiger partial charge in [0.15, 0.2) is 0 Å². The van der Waals surface area contributed by atoms with Crippen LogP contribution in [0.3, 0.4) is 0 Å². The number of nitrogens with zero attached hydrogens (tertiary/aromatic N) is 1. The largest absolute Gasteiger partial charge is 0.397 e. The molecule has 2 aromatic carbocycles. The summed E-state index contributed by atoms with van der Waals surface area (Å²) < 4.78 is 0. The van der Waals surface area contributed by atoms with Crippen molar-refractivity contribution in [1.82, 2.24) is 0 Å². The van der Waals surface area contributed by atoms with Gasteiger partial charge in [-0.2, -0.15) is 0 Å². The minimum absolute atomic E-state index is 0.0668. The van der Waals surface area contributed by atoms with Gasteiger partial charge in [0.2, 0.25) is 0 Å². The summed E-state index contributed by atoms with van der Waals surface area (Å²) in [6, 6.07) is 11.6. The number of hydrogen-bond acceptors (Lipinski definition) is 4. The highest BCUT2D eigenvalue weighted by molar-refractivity contribution is 5.74. The van der Waals surface area contributed by atoms with E-state index < -0.39 is 4.92 Å². The molecule has 0 aliphatic rings. The first-order chi connectivity index (χ1) is 8.08. The highest BCUT2D eigenvalue weighted by Crippen LogP contribution is 2.26. The second-order valence-electron chi connectivity index (χ2n) is 3.65. The molecule has 0 spiro atoms. The number of nitro benzene ring substituents is 1. The second kappa shape index (κ2) is 4.13. The molecule has 5 nitrogen and oxygen atoms in total. The number of nitrogen functional groups attached to an aromatic ring is 2. The van der Waals surface area contributed by atoms with Crippen molar-refractivity contribution in [1.29, 1.82) is 0 Å². The quantitative estimate of drug-likeness (QED) is 0.469. The maximum Gasteiger partial charge on any atom is 0.269 e. The molecule has 0 saturated carbocycles. The first-order valence-electron chi connectivity index (χ1n) is 4.98. The fraction of sp³-hybridized carbons (Fsp3) is 0. The summed E-state index contributed by atoms with van der Waals surface area (Å²) in [6.45, 7) is 0. The Kier molecular flexibility index (Phi) is 2.66. The average Bonchev–Trinajstić information content (AvgIpc) is 2.33. The van der Waals surface area contributed by atoms with Gasteiger partial charge >= 0.3 is 0 Å². The van der Waals surface area contributed by atoms with E-state index in [1.807, 2.05) is 6.07 Å². The van der Waals surface area contributed by atoms with E-state index in [1.54, 1.807) is 24.3 Å². The Morgan fingerprint density at radius 3 is 2.00 bits per heavy atom. The third kappa shape index (κ3) is 2.17. The number of anilines is 2. The van der Waals surface area contributed by atoms with Gasteiger partial charge in [0, 0.05) is 12.1 Å². The van der Waals surface area contributed by atoms with Gasteiger partial charge in [-0.05, 0) is 35.4 Å². The number of rotatable bonds is 2. The molecule has 0 unspecified atom stereocenters. The highest BCUT2D eigenvalue weighted by Gasteiger charge is 2.05. The van der Waals surface area contributed by atoms with Crippen LogP contribution in [-0.4, -0.2) is 4.92 Å². The topological polar surface area (TPSA) is 95.2 Å².